The molecule has 4 atom stereocenters. The number of hydrogen-bond donors (Lipinski definition) is 2. The van der Waals surface area contributed by atoms with Gasteiger partial charge in [-0.2, -0.15) is 0 Å². The van der Waals surface area contributed by atoms with Crippen LogP contribution in [0.2, 0.25) is 0 Å². The molecule has 3 nitrogen and oxygen atoms in total. The van der Waals surface area contributed by atoms with Crippen LogP contribution in [-0.2, 0) is 11.8 Å². The smallest absolute Gasteiger partial charge is 0.115 e. The molecule has 2 saturated carbocycles. The molecule has 3 fully saturated rings. The standard InChI is InChI=1S/C20H27NO2/c22-15-3-4-17-14(9-15)10-19-18-11-16(23)5-6-20(17,18)7-8-21(19)12-13-1-2-13/h3-4,9,13,16,18-19,22-23H,1-2,5-8,10-12H2. The minimum absolute atomic E-state index is 0.116. The summed E-state index contributed by atoms with van der Waals surface area (Å²) in [5.41, 5.74) is 3.10. The van der Waals surface area contributed by atoms with Gasteiger partial charge in [0, 0.05) is 18.0 Å². The van der Waals surface area contributed by atoms with E-state index in [1.807, 2.05) is 12.1 Å². The van der Waals surface area contributed by atoms with Crippen LogP contribution in [0.4, 0.5) is 0 Å². The number of phenols is 1. The van der Waals surface area contributed by atoms with Crippen molar-refractivity contribution in [2.24, 2.45) is 11.8 Å². The lowest BCUT2D eigenvalue weighted by Crippen LogP contribution is -2.62. The second-order valence-corrected chi connectivity index (χ2v) is 8.49. The normalized spacial score (nSPS) is 39.6. The summed E-state index contributed by atoms with van der Waals surface area (Å²) in [7, 11) is 0. The van der Waals surface area contributed by atoms with Crippen molar-refractivity contribution in [1.29, 1.82) is 0 Å². The molecule has 1 aromatic carbocycles. The Labute approximate surface area is 138 Å². The van der Waals surface area contributed by atoms with Crippen molar-refractivity contribution in [3.63, 3.8) is 0 Å². The third-order valence-electron chi connectivity index (χ3n) is 7.18. The highest BCUT2D eigenvalue weighted by Crippen LogP contribution is 2.56. The first kappa shape index (κ1) is 14.3. The van der Waals surface area contributed by atoms with Gasteiger partial charge in [0.15, 0.2) is 0 Å². The fourth-order valence-corrected chi connectivity index (χ4v) is 5.90. The molecule has 4 unspecified atom stereocenters. The molecule has 1 aliphatic heterocycles. The molecule has 0 aromatic heterocycles. The first-order chi connectivity index (χ1) is 11.2. The lowest BCUT2D eigenvalue weighted by atomic mass is 9.52. The highest BCUT2D eigenvalue weighted by Gasteiger charge is 2.55. The predicted molar refractivity (Wildman–Crippen MR) is 89.5 cm³/mol. The maximum absolute atomic E-state index is 10.3. The van der Waals surface area contributed by atoms with E-state index < -0.39 is 0 Å². The predicted octanol–water partition coefficient (Wildman–Crippen LogP) is 2.83. The van der Waals surface area contributed by atoms with Gasteiger partial charge in [0.05, 0.1) is 6.10 Å². The minimum atomic E-state index is -0.116. The number of likely N-dealkylation sites (tertiary alicyclic amines) is 1. The molecule has 1 saturated heterocycles. The summed E-state index contributed by atoms with van der Waals surface area (Å²) in [6, 6.07) is 6.62. The summed E-state index contributed by atoms with van der Waals surface area (Å²) >= 11 is 0. The lowest BCUT2D eigenvalue weighted by Gasteiger charge is -2.59. The van der Waals surface area contributed by atoms with Gasteiger partial charge in [-0.3, -0.25) is 4.90 Å². The van der Waals surface area contributed by atoms with Crippen molar-refractivity contribution in [2.75, 3.05) is 13.1 Å². The molecule has 1 heterocycles. The van der Waals surface area contributed by atoms with Crippen molar-refractivity contribution in [2.45, 2.75) is 62.5 Å². The van der Waals surface area contributed by atoms with Crippen molar-refractivity contribution >= 4 is 0 Å². The summed E-state index contributed by atoms with van der Waals surface area (Å²) in [4.78, 5) is 2.73. The van der Waals surface area contributed by atoms with E-state index in [9.17, 15) is 10.2 Å². The van der Waals surface area contributed by atoms with Crippen LogP contribution in [0.5, 0.6) is 5.75 Å². The van der Waals surface area contributed by atoms with Crippen molar-refractivity contribution < 1.29 is 10.2 Å². The molecule has 3 aliphatic carbocycles. The van der Waals surface area contributed by atoms with Crippen LogP contribution < -0.4 is 0 Å². The van der Waals surface area contributed by atoms with Gasteiger partial charge in [-0.1, -0.05) is 6.07 Å². The zero-order valence-corrected chi connectivity index (χ0v) is 13.7. The van der Waals surface area contributed by atoms with Gasteiger partial charge in [-0.25, -0.2) is 0 Å². The van der Waals surface area contributed by atoms with E-state index >= 15 is 0 Å². The maximum atomic E-state index is 10.3. The van der Waals surface area contributed by atoms with Crippen LogP contribution >= 0.6 is 0 Å². The highest BCUT2D eigenvalue weighted by atomic mass is 16.3. The molecule has 0 radical (unpaired) electrons. The van der Waals surface area contributed by atoms with E-state index in [2.05, 4.69) is 11.0 Å². The number of benzene rings is 1. The minimum Gasteiger partial charge on any atom is -0.508 e. The highest BCUT2D eigenvalue weighted by molar-refractivity contribution is 5.45. The zero-order chi connectivity index (χ0) is 15.6. The van der Waals surface area contributed by atoms with Gasteiger partial charge in [0.2, 0.25) is 0 Å². The average Bonchev–Trinajstić information content (AvgIpc) is 3.34. The summed E-state index contributed by atoms with van der Waals surface area (Å²) in [5.74, 6) is 1.92. The Morgan fingerprint density at radius 1 is 1.17 bits per heavy atom. The van der Waals surface area contributed by atoms with E-state index in [-0.39, 0.29) is 11.5 Å². The molecule has 2 bridgehead atoms. The van der Waals surface area contributed by atoms with E-state index in [1.54, 1.807) is 0 Å². The first-order valence-electron chi connectivity index (χ1n) is 9.40. The molecule has 1 aromatic rings. The molecule has 4 aliphatic rings. The number of fused-ring (bicyclic) bond motifs is 1. The second kappa shape index (κ2) is 4.97. The van der Waals surface area contributed by atoms with Gasteiger partial charge < -0.3 is 10.2 Å². The Hall–Kier alpha value is -1.06. The van der Waals surface area contributed by atoms with Crippen LogP contribution in [0, 0.1) is 11.8 Å². The summed E-state index contributed by atoms with van der Waals surface area (Å²) < 4.78 is 0. The fraction of sp³-hybridized carbons (Fsp3) is 0.700. The lowest BCUT2D eigenvalue weighted by molar-refractivity contribution is -0.0499. The topological polar surface area (TPSA) is 43.7 Å². The number of hydrogen-bond acceptors (Lipinski definition) is 3. The summed E-state index contributed by atoms with van der Waals surface area (Å²) in [5, 5.41) is 20.3. The molecule has 5 rings (SSSR count). The Kier molecular flexibility index (Phi) is 3.09. The van der Waals surface area contributed by atoms with E-state index in [4.69, 9.17) is 0 Å². The quantitative estimate of drug-likeness (QED) is 0.882. The summed E-state index contributed by atoms with van der Waals surface area (Å²) in [6.07, 6.45) is 7.98. The van der Waals surface area contributed by atoms with E-state index in [1.165, 1.54) is 43.5 Å². The largest absolute Gasteiger partial charge is 0.508 e. The number of rotatable bonds is 2. The average molecular weight is 313 g/mol. The molecule has 2 N–H and O–H groups in total. The molecular formula is C20H27NO2. The Balaban J connectivity index is 1.58. The molecular weight excluding hydrogens is 286 g/mol. The zero-order valence-electron chi connectivity index (χ0n) is 13.7. The Morgan fingerprint density at radius 3 is 2.87 bits per heavy atom. The third-order valence-corrected chi connectivity index (χ3v) is 7.18. The van der Waals surface area contributed by atoms with Crippen LogP contribution in [-0.4, -0.2) is 40.3 Å². The monoisotopic (exact) mass is 313 g/mol. The first-order valence-corrected chi connectivity index (χ1v) is 9.40. The number of aromatic hydroxyl groups is 1. The number of aliphatic hydroxyl groups excluding tert-OH is 1. The molecule has 23 heavy (non-hydrogen) atoms. The van der Waals surface area contributed by atoms with Gasteiger partial charge in [-0.05, 0) is 86.6 Å². The van der Waals surface area contributed by atoms with Crippen LogP contribution in [0.15, 0.2) is 18.2 Å². The maximum Gasteiger partial charge on any atom is 0.115 e. The van der Waals surface area contributed by atoms with Crippen LogP contribution in [0.25, 0.3) is 0 Å². The second-order valence-electron chi connectivity index (χ2n) is 8.49. The number of aliphatic hydroxyl groups is 1. The Bertz CT molecular complexity index is 626. The van der Waals surface area contributed by atoms with Gasteiger partial charge in [-0.15, -0.1) is 0 Å². The van der Waals surface area contributed by atoms with Gasteiger partial charge in [0.25, 0.3) is 0 Å². The van der Waals surface area contributed by atoms with Gasteiger partial charge >= 0.3 is 0 Å². The van der Waals surface area contributed by atoms with Crippen molar-refractivity contribution in [3.8, 4) is 5.75 Å². The Morgan fingerprint density at radius 2 is 2.04 bits per heavy atom. The number of piperidine rings is 1. The van der Waals surface area contributed by atoms with Crippen molar-refractivity contribution in [3.05, 3.63) is 29.3 Å². The van der Waals surface area contributed by atoms with E-state index in [0.717, 1.165) is 31.6 Å². The number of phenolic OH excluding ortho intramolecular Hbond substituents is 1. The SMILES string of the molecule is Oc1ccc2c(c1)CC1C3CC(O)CCC23CCN1CC1CC1. The molecule has 0 spiro atoms. The number of nitrogens with zero attached hydrogens (tertiary/aromatic N) is 1. The third kappa shape index (κ3) is 2.16. The van der Waals surface area contributed by atoms with Crippen LogP contribution in [0.3, 0.4) is 0 Å². The van der Waals surface area contributed by atoms with Crippen LogP contribution in [0.1, 0.15) is 49.7 Å². The molecule has 124 valence electrons. The van der Waals surface area contributed by atoms with E-state index in [0.29, 0.717) is 17.7 Å². The van der Waals surface area contributed by atoms with Crippen molar-refractivity contribution in [1.82, 2.24) is 4.90 Å². The molecule has 3 heteroatoms. The van der Waals surface area contributed by atoms with Gasteiger partial charge in [0.1, 0.15) is 5.75 Å². The summed E-state index contributed by atoms with van der Waals surface area (Å²) in [6.45, 7) is 2.47. The fourth-order valence-electron chi connectivity index (χ4n) is 5.90. The molecule has 0 amide bonds.